The van der Waals surface area contributed by atoms with Crippen LogP contribution < -0.4 is 10.2 Å². The Labute approximate surface area is 186 Å². The summed E-state index contributed by atoms with van der Waals surface area (Å²) in [4.78, 5) is 21.2. The Morgan fingerprint density at radius 2 is 1.84 bits per heavy atom. The van der Waals surface area contributed by atoms with Crippen LogP contribution in [0.25, 0.3) is 11.4 Å². The molecule has 2 fully saturated rings. The molecule has 1 saturated carbocycles. The molecule has 0 bridgehead atoms. The predicted molar refractivity (Wildman–Crippen MR) is 121 cm³/mol. The number of hydrogen-bond acceptors (Lipinski definition) is 5. The zero-order chi connectivity index (χ0) is 21.4. The van der Waals surface area contributed by atoms with Gasteiger partial charge in [0.2, 0.25) is 11.7 Å². The average Bonchev–Trinajstić information content (AvgIpc) is 3.53. The molecule has 2 aromatic carbocycles. The van der Waals surface area contributed by atoms with Gasteiger partial charge >= 0.3 is 6.03 Å². The van der Waals surface area contributed by atoms with Crippen molar-refractivity contribution >= 4 is 29.0 Å². The lowest BCUT2D eigenvalue weighted by Crippen LogP contribution is -2.50. The summed E-state index contributed by atoms with van der Waals surface area (Å²) in [7, 11) is 0. The monoisotopic (exact) mass is 437 g/mol. The number of urea groups is 1. The Kier molecular flexibility index (Phi) is 5.28. The van der Waals surface area contributed by atoms with E-state index in [1.54, 1.807) is 6.07 Å². The van der Waals surface area contributed by atoms with Crippen LogP contribution in [0.15, 0.2) is 47.0 Å². The second kappa shape index (κ2) is 8.23. The number of rotatable bonds is 4. The summed E-state index contributed by atoms with van der Waals surface area (Å²) >= 11 is 6.15. The van der Waals surface area contributed by atoms with Crippen molar-refractivity contribution in [1.29, 1.82) is 0 Å². The predicted octanol–water partition coefficient (Wildman–Crippen LogP) is 4.93. The van der Waals surface area contributed by atoms with E-state index in [1.165, 1.54) is 0 Å². The minimum atomic E-state index is -0.0986. The number of carbonyl (C=O) groups excluding carboxylic acids is 1. The van der Waals surface area contributed by atoms with Gasteiger partial charge in [-0.05, 0) is 61.7 Å². The van der Waals surface area contributed by atoms with Crippen molar-refractivity contribution in [2.24, 2.45) is 0 Å². The molecule has 0 unspecified atom stereocenters. The van der Waals surface area contributed by atoms with E-state index < -0.39 is 0 Å². The Morgan fingerprint density at radius 1 is 1.10 bits per heavy atom. The van der Waals surface area contributed by atoms with Crippen LogP contribution in [0.5, 0.6) is 0 Å². The van der Waals surface area contributed by atoms with Gasteiger partial charge in [-0.15, -0.1) is 0 Å². The lowest BCUT2D eigenvalue weighted by atomic mass is 10.1. The summed E-state index contributed by atoms with van der Waals surface area (Å²) in [6.45, 7) is 4.80. The zero-order valence-electron chi connectivity index (χ0n) is 17.3. The van der Waals surface area contributed by atoms with Gasteiger partial charge in [0.1, 0.15) is 0 Å². The molecule has 7 nitrogen and oxygen atoms in total. The molecule has 31 heavy (non-hydrogen) atoms. The second-order valence-electron chi connectivity index (χ2n) is 8.15. The van der Waals surface area contributed by atoms with Gasteiger partial charge in [0.05, 0.1) is 0 Å². The molecule has 0 spiro atoms. The Hall–Kier alpha value is -3.06. The van der Waals surface area contributed by atoms with E-state index in [1.807, 2.05) is 36.1 Å². The van der Waals surface area contributed by atoms with Crippen LogP contribution >= 0.6 is 11.6 Å². The van der Waals surface area contributed by atoms with Gasteiger partial charge in [0.15, 0.2) is 0 Å². The third-order valence-corrected chi connectivity index (χ3v) is 6.26. The molecule has 0 radical (unpaired) electrons. The van der Waals surface area contributed by atoms with E-state index in [4.69, 9.17) is 16.1 Å². The number of benzene rings is 2. The van der Waals surface area contributed by atoms with Gasteiger partial charge < -0.3 is 19.6 Å². The molecule has 0 atom stereocenters. The number of amides is 2. The number of halogens is 1. The number of anilines is 2. The standard InChI is InChI=1S/C23H24ClN5O2/c1-15-2-7-18(14-20(15)24)25-23(30)29-12-10-28(11-13-29)19-8-5-16(6-9-19)21-26-22(31-27-21)17-3-4-17/h2,5-9,14,17H,3-4,10-13H2,1H3,(H,25,30). The Morgan fingerprint density at radius 3 is 2.52 bits per heavy atom. The van der Waals surface area contributed by atoms with E-state index in [2.05, 4.69) is 32.5 Å². The summed E-state index contributed by atoms with van der Waals surface area (Å²) in [6.07, 6.45) is 2.28. The number of aromatic nitrogens is 2. The molecule has 1 saturated heterocycles. The van der Waals surface area contributed by atoms with Crippen LogP contribution in [0, 0.1) is 6.92 Å². The van der Waals surface area contributed by atoms with Crippen molar-refractivity contribution in [3.05, 3.63) is 58.9 Å². The number of nitrogens with zero attached hydrogens (tertiary/aromatic N) is 4. The first kappa shape index (κ1) is 19.9. The summed E-state index contributed by atoms with van der Waals surface area (Å²) in [5.74, 6) is 1.85. The van der Waals surface area contributed by atoms with E-state index in [9.17, 15) is 4.79 Å². The summed E-state index contributed by atoms with van der Waals surface area (Å²) in [5.41, 5.74) is 3.78. The Bertz CT molecular complexity index is 1090. The molecule has 3 aromatic rings. The minimum absolute atomic E-state index is 0.0986. The molecule has 2 amide bonds. The third kappa shape index (κ3) is 4.37. The van der Waals surface area contributed by atoms with Crippen molar-refractivity contribution in [2.75, 3.05) is 36.4 Å². The van der Waals surface area contributed by atoms with Gasteiger partial charge in [-0.1, -0.05) is 22.8 Å². The molecule has 160 valence electrons. The zero-order valence-corrected chi connectivity index (χ0v) is 18.1. The first-order chi connectivity index (χ1) is 15.1. The van der Waals surface area contributed by atoms with Crippen LogP contribution in [0.1, 0.15) is 30.2 Å². The molecule has 1 aromatic heterocycles. The quantitative estimate of drug-likeness (QED) is 0.626. The maximum atomic E-state index is 12.6. The highest BCUT2D eigenvalue weighted by atomic mass is 35.5. The molecule has 2 aliphatic rings. The largest absolute Gasteiger partial charge is 0.368 e. The fraction of sp³-hybridized carbons (Fsp3) is 0.348. The molecular formula is C23H24ClN5O2. The molecule has 1 aliphatic carbocycles. The minimum Gasteiger partial charge on any atom is -0.368 e. The smallest absolute Gasteiger partial charge is 0.321 e. The van der Waals surface area contributed by atoms with Crippen molar-refractivity contribution in [3.63, 3.8) is 0 Å². The van der Waals surface area contributed by atoms with Crippen LogP contribution in [0.4, 0.5) is 16.2 Å². The number of hydrogen-bond donors (Lipinski definition) is 1. The van der Waals surface area contributed by atoms with Crippen LogP contribution in [-0.4, -0.2) is 47.3 Å². The average molecular weight is 438 g/mol. The molecule has 2 heterocycles. The molecule has 5 rings (SSSR count). The van der Waals surface area contributed by atoms with Crippen molar-refractivity contribution < 1.29 is 9.32 Å². The normalized spacial score (nSPS) is 16.5. The van der Waals surface area contributed by atoms with Crippen molar-refractivity contribution in [2.45, 2.75) is 25.7 Å². The van der Waals surface area contributed by atoms with Crippen molar-refractivity contribution in [3.8, 4) is 11.4 Å². The van der Waals surface area contributed by atoms with Gasteiger partial charge in [0.25, 0.3) is 0 Å². The number of piperazine rings is 1. The first-order valence-electron chi connectivity index (χ1n) is 10.6. The highest BCUT2D eigenvalue weighted by molar-refractivity contribution is 6.31. The van der Waals surface area contributed by atoms with Crippen LogP contribution in [0.3, 0.4) is 0 Å². The van der Waals surface area contributed by atoms with Gasteiger partial charge in [-0.2, -0.15) is 4.98 Å². The fourth-order valence-corrected chi connectivity index (χ4v) is 3.89. The van der Waals surface area contributed by atoms with E-state index >= 15 is 0 Å². The number of carbonyl (C=O) groups is 1. The topological polar surface area (TPSA) is 74.5 Å². The summed E-state index contributed by atoms with van der Waals surface area (Å²) < 4.78 is 5.36. The second-order valence-corrected chi connectivity index (χ2v) is 8.55. The number of aryl methyl sites for hydroxylation is 1. The lowest BCUT2D eigenvalue weighted by molar-refractivity contribution is 0.208. The first-order valence-corrected chi connectivity index (χ1v) is 11.0. The SMILES string of the molecule is Cc1ccc(NC(=O)N2CCN(c3ccc(-c4noc(C5CC5)n4)cc3)CC2)cc1Cl. The molecule has 1 N–H and O–H groups in total. The molecule has 1 aliphatic heterocycles. The maximum Gasteiger partial charge on any atom is 0.321 e. The fourth-order valence-electron chi connectivity index (χ4n) is 3.71. The van der Waals surface area contributed by atoms with Gasteiger partial charge in [0, 0.05) is 54.1 Å². The molecular weight excluding hydrogens is 414 g/mol. The van der Waals surface area contributed by atoms with E-state index in [-0.39, 0.29) is 6.03 Å². The highest BCUT2D eigenvalue weighted by Crippen LogP contribution is 2.39. The van der Waals surface area contributed by atoms with E-state index in [0.29, 0.717) is 35.5 Å². The lowest BCUT2D eigenvalue weighted by Gasteiger charge is -2.36. The van der Waals surface area contributed by atoms with Gasteiger partial charge in [-0.25, -0.2) is 4.79 Å². The summed E-state index contributed by atoms with van der Waals surface area (Å²) in [5, 5.41) is 7.69. The van der Waals surface area contributed by atoms with E-state index in [0.717, 1.165) is 48.6 Å². The third-order valence-electron chi connectivity index (χ3n) is 5.85. The van der Waals surface area contributed by atoms with Crippen LogP contribution in [-0.2, 0) is 0 Å². The van der Waals surface area contributed by atoms with Crippen LogP contribution in [0.2, 0.25) is 5.02 Å². The summed E-state index contributed by atoms with van der Waals surface area (Å²) in [6, 6.07) is 13.7. The number of nitrogens with one attached hydrogen (secondary N) is 1. The molecule has 8 heteroatoms. The highest BCUT2D eigenvalue weighted by Gasteiger charge is 2.29. The maximum absolute atomic E-state index is 12.6. The van der Waals surface area contributed by atoms with Gasteiger partial charge in [-0.3, -0.25) is 0 Å². The van der Waals surface area contributed by atoms with Crippen molar-refractivity contribution in [1.82, 2.24) is 15.0 Å². The Balaban J connectivity index is 1.17.